The molecule has 138 valence electrons. The average Bonchev–Trinajstić information content (AvgIpc) is 3.34. The summed E-state index contributed by atoms with van der Waals surface area (Å²) in [6, 6.07) is 1.76. The summed E-state index contributed by atoms with van der Waals surface area (Å²) in [4.78, 5) is 25.4. The van der Waals surface area contributed by atoms with Gasteiger partial charge in [0.25, 0.3) is 0 Å². The van der Waals surface area contributed by atoms with E-state index in [2.05, 4.69) is 0 Å². The predicted molar refractivity (Wildman–Crippen MR) is 89.1 cm³/mol. The van der Waals surface area contributed by atoms with E-state index in [1.54, 1.807) is 12.3 Å². The van der Waals surface area contributed by atoms with E-state index in [9.17, 15) is 14.7 Å². The van der Waals surface area contributed by atoms with Crippen LogP contribution in [0, 0.1) is 11.3 Å². The van der Waals surface area contributed by atoms with Gasteiger partial charge in [-0.3, -0.25) is 4.79 Å². The number of carbonyl (C=O) groups is 2. The second-order valence-electron chi connectivity index (χ2n) is 7.77. The summed E-state index contributed by atoms with van der Waals surface area (Å²) >= 11 is 6.20. The van der Waals surface area contributed by atoms with Crippen LogP contribution < -0.4 is 0 Å². The van der Waals surface area contributed by atoms with E-state index in [1.807, 2.05) is 0 Å². The Labute approximate surface area is 155 Å². The minimum absolute atomic E-state index is 0.118. The largest absolute Gasteiger partial charge is 0.472 e. The first kappa shape index (κ1) is 16.4. The van der Waals surface area contributed by atoms with Crippen LogP contribution in [0.1, 0.15) is 43.8 Å². The number of furan rings is 1. The Bertz CT molecular complexity index is 814. The van der Waals surface area contributed by atoms with Crippen LogP contribution in [0.25, 0.3) is 0 Å². The summed E-state index contributed by atoms with van der Waals surface area (Å²) < 4.78 is 16.3. The molecule has 1 N–H and O–H groups in total. The second kappa shape index (κ2) is 5.36. The maximum atomic E-state index is 13.2. The van der Waals surface area contributed by atoms with Crippen molar-refractivity contribution in [2.24, 2.45) is 11.3 Å². The highest BCUT2D eigenvalue weighted by molar-refractivity contribution is 6.19. The highest BCUT2D eigenvalue weighted by Crippen LogP contribution is 2.64. The number of fused-ring (bicyclic) bond motifs is 1. The van der Waals surface area contributed by atoms with Crippen molar-refractivity contribution in [2.45, 2.75) is 49.9 Å². The van der Waals surface area contributed by atoms with Crippen molar-refractivity contribution >= 4 is 23.5 Å². The number of alkyl halides is 1. The van der Waals surface area contributed by atoms with Crippen LogP contribution in [0.4, 0.5) is 0 Å². The van der Waals surface area contributed by atoms with Crippen molar-refractivity contribution in [1.82, 2.24) is 0 Å². The van der Waals surface area contributed by atoms with E-state index < -0.39 is 29.2 Å². The number of rotatable bonds is 2. The van der Waals surface area contributed by atoms with Crippen LogP contribution in [-0.4, -0.2) is 34.6 Å². The van der Waals surface area contributed by atoms with Gasteiger partial charge in [-0.15, -0.1) is 11.6 Å². The topological polar surface area (TPSA) is 86.0 Å². The molecular weight excluding hydrogens is 360 g/mol. The Morgan fingerprint density at radius 2 is 2.08 bits per heavy atom. The minimum Gasteiger partial charge on any atom is -0.472 e. The van der Waals surface area contributed by atoms with Crippen molar-refractivity contribution in [3.63, 3.8) is 0 Å². The summed E-state index contributed by atoms with van der Waals surface area (Å²) in [6.07, 6.45) is 4.69. The molecule has 4 aliphatic rings. The van der Waals surface area contributed by atoms with Crippen molar-refractivity contribution < 1.29 is 28.6 Å². The zero-order valence-electron chi connectivity index (χ0n) is 14.1. The maximum Gasteiger partial charge on any atom is 0.334 e. The molecule has 5 rings (SSSR count). The van der Waals surface area contributed by atoms with Crippen LogP contribution in [-0.2, 0) is 19.1 Å². The first-order chi connectivity index (χ1) is 12.5. The molecule has 26 heavy (non-hydrogen) atoms. The van der Waals surface area contributed by atoms with Gasteiger partial charge >= 0.3 is 11.9 Å². The Kier molecular flexibility index (Phi) is 3.38. The van der Waals surface area contributed by atoms with Gasteiger partial charge in [0.05, 0.1) is 24.0 Å². The van der Waals surface area contributed by atoms with Crippen LogP contribution in [0.2, 0.25) is 0 Å². The van der Waals surface area contributed by atoms with Crippen molar-refractivity contribution in [2.75, 3.05) is 5.88 Å². The summed E-state index contributed by atoms with van der Waals surface area (Å²) in [5.41, 5.74) is -0.321. The van der Waals surface area contributed by atoms with Gasteiger partial charge in [0.1, 0.15) is 17.6 Å². The zero-order chi connectivity index (χ0) is 18.1. The molecule has 1 saturated heterocycles. The third kappa shape index (κ3) is 1.86. The van der Waals surface area contributed by atoms with E-state index in [1.165, 1.54) is 6.26 Å². The number of esters is 2. The fraction of sp³-hybridized carbons (Fsp3) is 0.579. The van der Waals surface area contributed by atoms with E-state index in [0.717, 1.165) is 17.6 Å². The molecule has 1 aromatic rings. The first-order valence-electron chi connectivity index (χ1n) is 8.95. The molecule has 2 aliphatic heterocycles. The van der Waals surface area contributed by atoms with Crippen LogP contribution in [0.5, 0.6) is 0 Å². The Balaban J connectivity index is 1.66. The third-order valence-electron chi connectivity index (χ3n) is 6.69. The van der Waals surface area contributed by atoms with E-state index in [0.29, 0.717) is 24.8 Å². The van der Waals surface area contributed by atoms with Crippen molar-refractivity contribution in [3.05, 3.63) is 35.3 Å². The van der Waals surface area contributed by atoms with E-state index in [-0.39, 0.29) is 24.2 Å². The van der Waals surface area contributed by atoms with Gasteiger partial charge in [-0.25, -0.2) is 4.79 Å². The molecular formula is C19H19ClO6. The van der Waals surface area contributed by atoms with Gasteiger partial charge < -0.3 is 19.0 Å². The van der Waals surface area contributed by atoms with Gasteiger partial charge in [-0.2, -0.15) is 0 Å². The molecule has 1 spiro atoms. The smallest absolute Gasteiger partial charge is 0.334 e. The van der Waals surface area contributed by atoms with E-state index in [4.69, 9.17) is 25.5 Å². The molecule has 1 unspecified atom stereocenters. The number of hydrogen-bond donors (Lipinski definition) is 1. The summed E-state index contributed by atoms with van der Waals surface area (Å²) in [6.45, 7) is 0. The number of halogens is 1. The lowest BCUT2D eigenvalue weighted by atomic mass is 9.52. The minimum atomic E-state index is -1.49. The highest BCUT2D eigenvalue weighted by Gasteiger charge is 2.71. The molecule has 0 aromatic carbocycles. The predicted octanol–water partition coefficient (Wildman–Crippen LogP) is 2.65. The molecule has 0 radical (unpaired) electrons. The normalized spacial score (nSPS) is 41.4. The van der Waals surface area contributed by atoms with Crippen LogP contribution >= 0.6 is 11.6 Å². The molecule has 6 nitrogen and oxygen atoms in total. The molecule has 2 aliphatic carbocycles. The fourth-order valence-corrected chi connectivity index (χ4v) is 5.85. The lowest BCUT2D eigenvalue weighted by molar-refractivity contribution is -0.178. The number of carbonyl (C=O) groups excluding carboxylic acids is 2. The highest BCUT2D eigenvalue weighted by atomic mass is 35.5. The van der Waals surface area contributed by atoms with Gasteiger partial charge in [0.2, 0.25) is 0 Å². The molecule has 2 fully saturated rings. The summed E-state index contributed by atoms with van der Waals surface area (Å²) in [7, 11) is 0. The Morgan fingerprint density at radius 1 is 1.23 bits per heavy atom. The van der Waals surface area contributed by atoms with Crippen molar-refractivity contribution in [1.29, 1.82) is 0 Å². The van der Waals surface area contributed by atoms with Crippen LogP contribution in [0.15, 0.2) is 34.2 Å². The van der Waals surface area contributed by atoms with Gasteiger partial charge in [-0.1, -0.05) is 0 Å². The van der Waals surface area contributed by atoms with E-state index >= 15 is 0 Å². The first-order valence-corrected chi connectivity index (χ1v) is 9.49. The molecule has 7 heteroatoms. The second-order valence-corrected chi connectivity index (χ2v) is 8.04. The lowest BCUT2D eigenvalue weighted by Crippen LogP contribution is -2.62. The molecule has 1 saturated carbocycles. The quantitative estimate of drug-likeness (QED) is 0.629. The summed E-state index contributed by atoms with van der Waals surface area (Å²) in [5, 5.41) is 11.5. The fourth-order valence-electron chi connectivity index (χ4n) is 5.51. The number of hydrogen-bond acceptors (Lipinski definition) is 6. The number of ether oxygens (including phenoxy) is 2. The van der Waals surface area contributed by atoms with Gasteiger partial charge in [0.15, 0.2) is 0 Å². The van der Waals surface area contributed by atoms with Crippen LogP contribution in [0.3, 0.4) is 0 Å². The van der Waals surface area contributed by atoms with Gasteiger partial charge in [-0.05, 0) is 30.9 Å². The Hall–Kier alpha value is -1.79. The molecule has 3 heterocycles. The molecule has 5 atom stereocenters. The summed E-state index contributed by atoms with van der Waals surface area (Å²) in [5.74, 6) is -1.16. The SMILES string of the molecule is O=C1O[C@@H]2C[C@@](O)(CCl)[C@]3(C[C@@H](c4ccoc4)OC3=O)C3CCCC1=C32. The monoisotopic (exact) mass is 378 g/mol. The molecule has 0 bridgehead atoms. The number of cyclic esters (lactones) is 1. The average molecular weight is 379 g/mol. The van der Waals surface area contributed by atoms with Gasteiger partial charge in [0, 0.05) is 29.9 Å². The molecule has 1 aromatic heterocycles. The molecule has 0 amide bonds. The number of aliphatic hydroxyl groups is 1. The Morgan fingerprint density at radius 3 is 2.81 bits per heavy atom. The third-order valence-corrected chi connectivity index (χ3v) is 7.13. The standard InChI is InChI=1S/C19H19ClO6/c20-9-18(23)6-14-15-11(16(21)25-14)2-1-3-12(15)19(18)7-13(26-17(19)22)10-4-5-24-8-10/h4-5,8,12-14,23H,1-3,6-7,9H2/t12?,13-,14+,18+,19+/m0/s1. The maximum absolute atomic E-state index is 13.2. The zero-order valence-corrected chi connectivity index (χ0v) is 14.8. The van der Waals surface area contributed by atoms with Crippen molar-refractivity contribution in [3.8, 4) is 0 Å². The lowest BCUT2D eigenvalue weighted by Gasteiger charge is -2.52.